The average Bonchev–Trinajstić information content (AvgIpc) is 3.69. The molecule has 10 nitrogen and oxygen atoms in total. The van der Waals surface area contributed by atoms with Crippen LogP contribution < -0.4 is 10.6 Å². The lowest BCUT2D eigenvalue weighted by atomic mass is 9.88. The van der Waals surface area contributed by atoms with Crippen molar-refractivity contribution in [3.63, 3.8) is 0 Å². The van der Waals surface area contributed by atoms with E-state index in [0.29, 0.717) is 46.2 Å². The van der Waals surface area contributed by atoms with Crippen LogP contribution in [0.4, 0.5) is 15.8 Å². The van der Waals surface area contributed by atoms with Crippen LogP contribution in [0.3, 0.4) is 0 Å². The molecule has 4 N–H and O–H groups in total. The van der Waals surface area contributed by atoms with Crippen molar-refractivity contribution >= 4 is 39.3 Å². The number of nitrogens with zero attached hydrogens (tertiary/aromatic N) is 5. The van der Waals surface area contributed by atoms with Crippen LogP contribution in [0.5, 0.6) is 0 Å². The van der Waals surface area contributed by atoms with Crippen LogP contribution in [0.2, 0.25) is 0 Å². The second kappa shape index (κ2) is 12.7. The first kappa shape index (κ1) is 29.5. The number of likely N-dealkylation sites (N-methyl/N-ethyl adjacent to an activating group) is 1. The van der Waals surface area contributed by atoms with E-state index < -0.39 is 0 Å². The third-order valence-corrected chi connectivity index (χ3v) is 8.59. The fraction of sp³-hybridized carbons (Fsp3) is 0.286. The molecule has 0 spiro atoms. The molecule has 0 atom stereocenters. The van der Waals surface area contributed by atoms with Gasteiger partial charge in [0.1, 0.15) is 11.5 Å². The summed E-state index contributed by atoms with van der Waals surface area (Å²) in [6, 6.07) is 14.8. The third kappa shape index (κ3) is 6.18. The minimum atomic E-state index is -0.326. The first-order valence-corrected chi connectivity index (χ1v) is 15.7. The molecule has 1 saturated carbocycles. The van der Waals surface area contributed by atoms with Crippen LogP contribution in [0.25, 0.3) is 55.8 Å². The van der Waals surface area contributed by atoms with Gasteiger partial charge in [0.05, 0.1) is 22.9 Å². The maximum atomic E-state index is 14.7. The lowest BCUT2D eigenvalue weighted by molar-refractivity contribution is -0.120. The summed E-state index contributed by atoms with van der Waals surface area (Å²) in [5.74, 6) is 0.353. The lowest BCUT2D eigenvalue weighted by Crippen LogP contribution is -2.24. The highest BCUT2D eigenvalue weighted by molar-refractivity contribution is 5.98. The van der Waals surface area contributed by atoms with Crippen LogP contribution in [-0.2, 0) is 4.79 Å². The van der Waals surface area contributed by atoms with E-state index in [1.165, 1.54) is 18.6 Å². The number of hydrogen-bond donors (Lipinski definition) is 4. The van der Waals surface area contributed by atoms with Gasteiger partial charge in [0.25, 0.3) is 0 Å². The van der Waals surface area contributed by atoms with Crippen molar-refractivity contribution in [2.24, 2.45) is 5.92 Å². The number of imidazole rings is 1. The Bertz CT molecular complexity index is 2030. The van der Waals surface area contributed by atoms with Crippen molar-refractivity contribution in [2.75, 3.05) is 37.8 Å². The monoisotopic (exact) mass is 617 g/mol. The second-order valence-corrected chi connectivity index (χ2v) is 12.2. The van der Waals surface area contributed by atoms with Crippen LogP contribution in [-0.4, -0.2) is 68.1 Å². The minimum absolute atomic E-state index is 0.0637. The molecule has 11 heteroatoms. The van der Waals surface area contributed by atoms with Gasteiger partial charge in [-0.15, -0.1) is 0 Å². The zero-order valence-corrected chi connectivity index (χ0v) is 25.9. The summed E-state index contributed by atoms with van der Waals surface area (Å²) in [4.78, 5) is 32.0. The Balaban J connectivity index is 1.19. The summed E-state index contributed by atoms with van der Waals surface area (Å²) in [5, 5.41) is 14.9. The number of aromatic amines is 2. The van der Waals surface area contributed by atoms with E-state index in [0.717, 1.165) is 59.8 Å². The van der Waals surface area contributed by atoms with Crippen molar-refractivity contribution in [1.82, 2.24) is 35.0 Å². The SMILES string of the molecule is CN(C)CCNc1cc(F)cc(-c2ccnc3nc(-c4n[nH]c5ccc(-c6cncc(NC(=O)C7CCCCC7)c6)cc45)[nH]c23)c1. The highest BCUT2D eigenvalue weighted by Gasteiger charge is 2.22. The van der Waals surface area contributed by atoms with Gasteiger partial charge in [0, 0.05) is 53.6 Å². The number of halogens is 1. The summed E-state index contributed by atoms with van der Waals surface area (Å²) < 4.78 is 14.7. The average molecular weight is 618 g/mol. The molecule has 1 aliphatic rings. The van der Waals surface area contributed by atoms with Crippen LogP contribution in [0, 0.1) is 11.7 Å². The van der Waals surface area contributed by atoms with Gasteiger partial charge >= 0.3 is 0 Å². The van der Waals surface area contributed by atoms with Crippen molar-refractivity contribution in [3.8, 4) is 33.8 Å². The second-order valence-electron chi connectivity index (χ2n) is 12.2. The molecule has 0 radical (unpaired) electrons. The van der Waals surface area contributed by atoms with Crippen LogP contribution >= 0.6 is 0 Å². The topological polar surface area (TPSA) is 128 Å². The maximum absolute atomic E-state index is 14.7. The first-order chi connectivity index (χ1) is 22.4. The first-order valence-electron chi connectivity index (χ1n) is 15.7. The van der Waals surface area contributed by atoms with Gasteiger partial charge in [-0.05, 0) is 80.5 Å². The summed E-state index contributed by atoms with van der Waals surface area (Å²) in [5.41, 5.74) is 7.40. The maximum Gasteiger partial charge on any atom is 0.227 e. The van der Waals surface area contributed by atoms with Gasteiger partial charge in [-0.25, -0.2) is 14.4 Å². The number of hydrogen-bond acceptors (Lipinski definition) is 7. The van der Waals surface area contributed by atoms with Crippen molar-refractivity contribution < 1.29 is 9.18 Å². The van der Waals surface area contributed by atoms with Gasteiger partial charge in [-0.1, -0.05) is 25.3 Å². The molecule has 234 valence electrons. The Hall–Kier alpha value is -5.16. The van der Waals surface area contributed by atoms with Crippen molar-refractivity contribution in [1.29, 1.82) is 0 Å². The van der Waals surface area contributed by atoms with Crippen LogP contribution in [0.15, 0.2) is 67.1 Å². The summed E-state index contributed by atoms with van der Waals surface area (Å²) in [7, 11) is 4.00. The van der Waals surface area contributed by atoms with E-state index in [-0.39, 0.29) is 17.6 Å². The normalized spacial score (nSPS) is 13.9. The molecule has 6 aromatic rings. The molecule has 4 aromatic heterocycles. The molecule has 46 heavy (non-hydrogen) atoms. The number of pyridine rings is 2. The molecule has 1 fully saturated rings. The predicted octanol–water partition coefficient (Wildman–Crippen LogP) is 6.86. The zero-order valence-electron chi connectivity index (χ0n) is 25.9. The molecule has 2 aromatic carbocycles. The summed E-state index contributed by atoms with van der Waals surface area (Å²) in [6.45, 7) is 1.52. The molecule has 7 rings (SSSR count). The summed E-state index contributed by atoms with van der Waals surface area (Å²) in [6.07, 6.45) is 10.4. The molecule has 1 aliphatic carbocycles. The quantitative estimate of drug-likeness (QED) is 0.140. The number of benzene rings is 2. The van der Waals surface area contributed by atoms with Gasteiger partial charge in [0.2, 0.25) is 5.91 Å². The summed E-state index contributed by atoms with van der Waals surface area (Å²) >= 11 is 0. The van der Waals surface area contributed by atoms with Crippen molar-refractivity contribution in [3.05, 3.63) is 72.9 Å². The van der Waals surface area contributed by atoms with E-state index in [1.54, 1.807) is 18.6 Å². The number of rotatable bonds is 9. The van der Waals surface area contributed by atoms with E-state index in [2.05, 4.69) is 40.7 Å². The number of carbonyl (C=O) groups is 1. The van der Waals surface area contributed by atoms with Crippen LogP contribution in [0.1, 0.15) is 32.1 Å². The van der Waals surface area contributed by atoms with E-state index in [1.807, 2.05) is 50.5 Å². The molecule has 0 aliphatic heterocycles. The fourth-order valence-corrected chi connectivity index (χ4v) is 6.18. The number of anilines is 2. The Kier molecular flexibility index (Phi) is 8.15. The highest BCUT2D eigenvalue weighted by atomic mass is 19.1. The van der Waals surface area contributed by atoms with Gasteiger partial charge in [-0.2, -0.15) is 5.10 Å². The number of aromatic nitrogens is 6. The van der Waals surface area contributed by atoms with E-state index in [9.17, 15) is 9.18 Å². The highest BCUT2D eigenvalue weighted by Crippen LogP contribution is 2.34. The molecular weight excluding hydrogens is 581 g/mol. The Morgan fingerprint density at radius 3 is 2.67 bits per heavy atom. The fourth-order valence-electron chi connectivity index (χ4n) is 6.18. The number of carbonyl (C=O) groups excluding carboxylic acids is 1. The van der Waals surface area contributed by atoms with Gasteiger partial charge in [0.15, 0.2) is 11.5 Å². The van der Waals surface area contributed by atoms with Gasteiger partial charge in [-0.3, -0.25) is 14.9 Å². The Morgan fingerprint density at radius 1 is 0.978 bits per heavy atom. The Morgan fingerprint density at radius 2 is 1.83 bits per heavy atom. The number of fused-ring (bicyclic) bond motifs is 2. The Labute approximate surface area is 265 Å². The molecule has 0 bridgehead atoms. The van der Waals surface area contributed by atoms with Gasteiger partial charge < -0.3 is 20.5 Å². The standard InChI is InChI=1S/C35H36FN9O/c1-45(2)13-12-38-26-15-23(14-25(36)18-26)28-10-11-39-33-31(28)41-34(42-33)32-29-17-22(8-9-30(29)43-44-32)24-16-27(20-37-19-24)40-35(46)21-6-4-3-5-7-21/h8-11,14-21,38H,3-7,12-13H2,1-2H3,(H,40,46)(H,43,44)(H,39,41,42). The third-order valence-electron chi connectivity index (χ3n) is 8.59. The zero-order chi connectivity index (χ0) is 31.6. The molecular formula is C35H36FN9O. The molecule has 0 saturated heterocycles. The van der Waals surface area contributed by atoms with E-state index in [4.69, 9.17) is 4.98 Å². The predicted molar refractivity (Wildman–Crippen MR) is 180 cm³/mol. The smallest absolute Gasteiger partial charge is 0.227 e. The molecule has 0 unspecified atom stereocenters. The molecule has 1 amide bonds. The number of H-pyrrole nitrogens is 2. The minimum Gasteiger partial charge on any atom is -0.384 e. The number of amides is 1. The molecule has 4 heterocycles. The van der Waals surface area contributed by atoms with Crippen molar-refractivity contribution in [2.45, 2.75) is 32.1 Å². The van der Waals surface area contributed by atoms with E-state index >= 15 is 0 Å². The largest absolute Gasteiger partial charge is 0.384 e. The number of nitrogens with one attached hydrogen (secondary N) is 4. The lowest BCUT2D eigenvalue weighted by Gasteiger charge is -2.20.